The fourth-order valence-corrected chi connectivity index (χ4v) is 2.06. The van der Waals surface area contributed by atoms with Crippen LogP contribution in [0.25, 0.3) is 21.5 Å². The van der Waals surface area contributed by atoms with Crippen LogP contribution < -0.4 is 5.56 Å². The average Bonchev–Trinajstić information content (AvgIpc) is 2.90. The summed E-state index contributed by atoms with van der Waals surface area (Å²) in [6, 6.07) is 9.76. The van der Waals surface area contributed by atoms with Gasteiger partial charge in [-0.05, 0) is 11.1 Å². The lowest BCUT2D eigenvalue weighted by Crippen LogP contribution is -2.12. The quantitative estimate of drug-likeness (QED) is 0.448. The van der Waals surface area contributed by atoms with Gasteiger partial charge in [0, 0.05) is 4.91 Å². The predicted octanol–water partition coefficient (Wildman–Crippen LogP) is 1.98. The molecule has 2 aromatic heterocycles. The van der Waals surface area contributed by atoms with Crippen LogP contribution in [-0.4, -0.2) is 19.7 Å². The summed E-state index contributed by atoms with van der Waals surface area (Å²) >= 11 is 0. The Bertz CT molecular complexity index is 874. The highest BCUT2D eigenvalue weighted by molar-refractivity contribution is 5.73. The van der Waals surface area contributed by atoms with Crippen molar-refractivity contribution >= 4 is 11.0 Å². The zero-order valence-electron chi connectivity index (χ0n) is 11.0. The minimum absolute atomic E-state index is 0.00179. The van der Waals surface area contributed by atoms with Crippen LogP contribution in [0.5, 0.6) is 0 Å². The Morgan fingerprint density at radius 2 is 2.14 bits per heavy atom. The fraction of sp³-hybridized carbons (Fsp3) is 0.154. The molecular formula is C13H11N7O. The van der Waals surface area contributed by atoms with Gasteiger partial charge < -0.3 is 4.98 Å². The zero-order chi connectivity index (χ0) is 14.7. The van der Waals surface area contributed by atoms with E-state index in [1.165, 1.54) is 6.20 Å². The topological polar surface area (TPSA) is 112 Å². The third kappa shape index (κ3) is 2.60. The fourth-order valence-electron chi connectivity index (χ4n) is 2.06. The second-order valence-electron chi connectivity index (χ2n) is 4.43. The first kappa shape index (κ1) is 12.9. The first-order chi connectivity index (χ1) is 10.3. The van der Waals surface area contributed by atoms with Crippen molar-refractivity contribution in [2.45, 2.75) is 13.1 Å². The number of fused-ring (bicyclic) bond motifs is 1. The van der Waals surface area contributed by atoms with Crippen LogP contribution in [0.1, 0.15) is 11.4 Å². The van der Waals surface area contributed by atoms with Gasteiger partial charge in [-0.2, -0.15) is 5.10 Å². The lowest BCUT2D eigenvalue weighted by molar-refractivity contribution is 0.700. The Labute approximate surface area is 118 Å². The molecule has 0 spiro atoms. The number of hydrogen-bond donors (Lipinski definition) is 1. The van der Waals surface area contributed by atoms with Crippen LogP contribution in [0, 0.1) is 0 Å². The van der Waals surface area contributed by atoms with Crippen molar-refractivity contribution in [1.82, 2.24) is 19.7 Å². The Morgan fingerprint density at radius 1 is 1.33 bits per heavy atom. The number of benzene rings is 1. The molecule has 0 atom stereocenters. The summed E-state index contributed by atoms with van der Waals surface area (Å²) < 4.78 is 1.65. The van der Waals surface area contributed by atoms with Crippen molar-refractivity contribution in [1.29, 1.82) is 0 Å². The Morgan fingerprint density at radius 3 is 2.90 bits per heavy atom. The molecule has 0 radical (unpaired) electrons. The number of rotatable bonds is 4. The molecule has 8 nitrogen and oxygen atoms in total. The molecule has 21 heavy (non-hydrogen) atoms. The van der Waals surface area contributed by atoms with Gasteiger partial charge in [0.2, 0.25) is 0 Å². The number of nitrogens with one attached hydrogen (secondary N) is 1. The van der Waals surface area contributed by atoms with Gasteiger partial charge in [0.1, 0.15) is 11.2 Å². The highest BCUT2D eigenvalue weighted by Crippen LogP contribution is 2.10. The molecule has 0 unspecified atom stereocenters. The van der Waals surface area contributed by atoms with Crippen LogP contribution >= 0.6 is 0 Å². The van der Waals surface area contributed by atoms with E-state index in [1.807, 2.05) is 30.3 Å². The maximum Gasteiger partial charge on any atom is 0.262 e. The van der Waals surface area contributed by atoms with Crippen molar-refractivity contribution in [3.63, 3.8) is 0 Å². The third-order valence-corrected chi connectivity index (χ3v) is 3.01. The number of aromatic nitrogens is 4. The van der Waals surface area contributed by atoms with E-state index in [0.29, 0.717) is 23.4 Å². The minimum atomic E-state index is -0.289. The first-order valence-electron chi connectivity index (χ1n) is 6.27. The van der Waals surface area contributed by atoms with Gasteiger partial charge in [0.05, 0.1) is 19.3 Å². The summed E-state index contributed by atoms with van der Waals surface area (Å²) in [6.45, 7) is 0.514. The average molecular weight is 281 g/mol. The molecule has 0 aliphatic rings. The molecule has 104 valence electrons. The van der Waals surface area contributed by atoms with Crippen LogP contribution in [0.15, 0.2) is 46.4 Å². The second kappa shape index (κ2) is 5.48. The number of aromatic amines is 1. The lowest BCUT2D eigenvalue weighted by Gasteiger charge is -2.03. The molecule has 0 amide bonds. The molecule has 3 rings (SSSR count). The molecule has 0 bridgehead atoms. The first-order valence-corrected chi connectivity index (χ1v) is 6.27. The van der Waals surface area contributed by atoms with Gasteiger partial charge in [-0.1, -0.05) is 35.4 Å². The summed E-state index contributed by atoms with van der Waals surface area (Å²) in [5.41, 5.74) is 9.59. The number of nitrogens with zero attached hydrogens (tertiary/aromatic N) is 6. The molecule has 0 fully saturated rings. The van der Waals surface area contributed by atoms with E-state index in [-0.39, 0.29) is 12.1 Å². The van der Waals surface area contributed by atoms with E-state index in [2.05, 4.69) is 25.1 Å². The lowest BCUT2D eigenvalue weighted by atomic mass is 10.2. The molecule has 3 aromatic rings. The third-order valence-electron chi connectivity index (χ3n) is 3.01. The van der Waals surface area contributed by atoms with Crippen LogP contribution in [0.3, 0.4) is 0 Å². The Balaban J connectivity index is 2.05. The van der Waals surface area contributed by atoms with Crippen molar-refractivity contribution in [2.75, 3.05) is 0 Å². The number of hydrogen-bond acceptors (Lipinski definition) is 4. The molecule has 1 N–H and O–H groups in total. The van der Waals surface area contributed by atoms with E-state index < -0.39 is 0 Å². The molecule has 0 aliphatic carbocycles. The molecule has 0 aliphatic heterocycles. The molecule has 1 aromatic carbocycles. The maximum atomic E-state index is 11.9. The normalized spacial score (nSPS) is 10.5. The summed E-state index contributed by atoms with van der Waals surface area (Å²) in [7, 11) is 0. The van der Waals surface area contributed by atoms with Crippen molar-refractivity contribution in [2.24, 2.45) is 5.11 Å². The summed E-state index contributed by atoms with van der Waals surface area (Å²) in [4.78, 5) is 21.5. The van der Waals surface area contributed by atoms with Crippen molar-refractivity contribution < 1.29 is 0 Å². The van der Waals surface area contributed by atoms with Gasteiger partial charge >= 0.3 is 0 Å². The zero-order valence-corrected chi connectivity index (χ0v) is 11.0. The molecule has 0 saturated heterocycles. The molecule has 2 heterocycles. The number of H-pyrrole nitrogens is 1. The van der Waals surface area contributed by atoms with E-state index in [9.17, 15) is 4.79 Å². The van der Waals surface area contributed by atoms with Crippen molar-refractivity contribution in [3.8, 4) is 0 Å². The number of azide groups is 1. The maximum absolute atomic E-state index is 11.9. The second-order valence-corrected chi connectivity index (χ2v) is 4.43. The largest absolute Gasteiger partial charge is 0.310 e. The summed E-state index contributed by atoms with van der Waals surface area (Å²) in [6.07, 6.45) is 1.49. The molecular weight excluding hydrogens is 270 g/mol. The summed E-state index contributed by atoms with van der Waals surface area (Å²) in [5.74, 6) is 0.320. The molecule has 0 saturated carbocycles. The van der Waals surface area contributed by atoms with Gasteiger partial charge in [-0.25, -0.2) is 9.67 Å². The summed E-state index contributed by atoms with van der Waals surface area (Å²) in [5, 5.41) is 8.02. The van der Waals surface area contributed by atoms with Crippen LogP contribution in [0.4, 0.5) is 0 Å². The molecule has 8 heteroatoms. The standard InChI is InChI=1S/C13H11N7O/c14-19-15-7-11-17-12-10(13(21)18-11)6-16-20(12)8-9-4-2-1-3-5-9/h1-6H,7-8H2,(H,17,18,21). The highest BCUT2D eigenvalue weighted by atomic mass is 16.1. The Kier molecular flexibility index (Phi) is 3.36. The van der Waals surface area contributed by atoms with E-state index >= 15 is 0 Å². The minimum Gasteiger partial charge on any atom is -0.310 e. The van der Waals surface area contributed by atoms with Gasteiger partial charge in [-0.3, -0.25) is 4.79 Å². The van der Waals surface area contributed by atoms with E-state index in [4.69, 9.17) is 5.53 Å². The highest BCUT2D eigenvalue weighted by Gasteiger charge is 2.10. The monoisotopic (exact) mass is 281 g/mol. The van der Waals surface area contributed by atoms with Crippen molar-refractivity contribution in [3.05, 3.63) is 68.7 Å². The van der Waals surface area contributed by atoms with E-state index in [0.717, 1.165) is 5.56 Å². The smallest absolute Gasteiger partial charge is 0.262 e. The SMILES string of the molecule is [N-]=[N+]=NCc1nc2c(cnn2Cc2ccccc2)c(=O)[nH]1. The van der Waals surface area contributed by atoms with Gasteiger partial charge in [0.15, 0.2) is 5.65 Å². The van der Waals surface area contributed by atoms with Gasteiger partial charge in [-0.15, -0.1) is 0 Å². The van der Waals surface area contributed by atoms with E-state index in [1.54, 1.807) is 4.68 Å². The Hall–Kier alpha value is -3.12. The van der Waals surface area contributed by atoms with Crippen LogP contribution in [0.2, 0.25) is 0 Å². The predicted molar refractivity (Wildman–Crippen MR) is 76.5 cm³/mol. The van der Waals surface area contributed by atoms with Crippen LogP contribution in [-0.2, 0) is 13.1 Å². The van der Waals surface area contributed by atoms with Gasteiger partial charge in [0.25, 0.3) is 5.56 Å².